The molecular formula is C18H22N4O4. The predicted octanol–water partition coefficient (Wildman–Crippen LogP) is 2.11. The summed E-state index contributed by atoms with van der Waals surface area (Å²) < 4.78 is 12.3. The summed E-state index contributed by atoms with van der Waals surface area (Å²) in [7, 11) is 3.07. The van der Waals surface area contributed by atoms with E-state index in [1.54, 1.807) is 13.1 Å². The molecule has 8 nitrogen and oxygen atoms in total. The second-order valence-corrected chi connectivity index (χ2v) is 6.47. The first-order chi connectivity index (χ1) is 12.5. The molecule has 3 rings (SSSR count). The van der Waals surface area contributed by atoms with Crippen molar-refractivity contribution >= 4 is 12.3 Å². The van der Waals surface area contributed by atoms with Gasteiger partial charge in [-0.1, -0.05) is 5.21 Å². The molecule has 0 saturated heterocycles. The highest BCUT2D eigenvalue weighted by Crippen LogP contribution is 2.30. The summed E-state index contributed by atoms with van der Waals surface area (Å²) in [6, 6.07) is 3.59. The van der Waals surface area contributed by atoms with Crippen molar-refractivity contribution in [3.8, 4) is 17.1 Å². The molecule has 1 aliphatic rings. The van der Waals surface area contributed by atoms with Crippen LogP contribution in [0.1, 0.15) is 41.9 Å². The lowest BCUT2D eigenvalue weighted by Gasteiger charge is -2.28. The molecule has 0 N–H and O–H groups in total. The van der Waals surface area contributed by atoms with Crippen LogP contribution >= 0.6 is 0 Å². The fraction of sp³-hybridized carbons (Fsp3) is 0.500. The van der Waals surface area contributed by atoms with Gasteiger partial charge in [-0.05, 0) is 44.7 Å². The van der Waals surface area contributed by atoms with E-state index in [2.05, 4.69) is 15.3 Å². The number of ether oxygens (including phenoxy) is 2. The monoisotopic (exact) mass is 358 g/mol. The van der Waals surface area contributed by atoms with Gasteiger partial charge in [0.25, 0.3) is 0 Å². The summed E-state index contributed by atoms with van der Waals surface area (Å²) in [5.41, 5.74) is 2.09. The molecule has 1 aliphatic carbocycles. The highest BCUT2D eigenvalue weighted by atomic mass is 16.5. The first-order valence-corrected chi connectivity index (χ1v) is 8.60. The number of rotatable bonds is 5. The van der Waals surface area contributed by atoms with Gasteiger partial charge in [-0.2, -0.15) is 0 Å². The quantitative estimate of drug-likeness (QED) is 0.596. The van der Waals surface area contributed by atoms with E-state index in [-0.39, 0.29) is 18.0 Å². The number of esters is 1. The van der Waals surface area contributed by atoms with E-state index >= 15 is 0 Å². The largest absolute Gasteiger partial charge is 0.489 e. The summed E-state index contributed by atoms with van der Waals surface area (Å²) in [5, 5.41) is 7.87. The lowest BCUT2D eigenvalue weighted by Crippen LogP contribution is -2.30. The second kappa shape index (κ2) is 7.63. The fourth-order valence-electron chi connectivity index (χ4n) is 3.30. The highest BCUT2D eigenvalue weighted by Gasteiger charge is 2.29. The summed E-state index contributed by atoms with van der Waals surface area (Å²) in [5.74, 6) is 0.384. The molecule has 1 saturated carbocycles. The van der Waals surface area contributed by atoms with Gasteiger partial charge < -0.3 is 9.47 Å². The average Bonchev–Trinajstić information content (AvgIpc) is 3.03. The van der Waals surface area contributed by atoms with Gasteiger partial charge in [0.05, 0.1) is 30.5 Å². The number of aldehydes is 1. The van der Waals surface area contributed by atoms with Gasteiger partial charge in [0.2, 0.25) is 0 Å². The normalized spacial score (nSPS) is 19.8. The lowest BCUT2D eigenvalue weighted by molar-refractivity contribution is -0.147. The standard InChI is InChI=1S/C18H22N4O4/c1-11-16(26-13-6-4-5-12(9-13)18(24)25-3)8-7-14(19-11)17-15(10-23)22(2)21-20-17/h7-8,10,12-13H,4-6,9H2,1-3H3/t12-,13-/m0/s1. The number of nitrogens with zero attached hydrogens (tertiary/aromatic N) is 4. The van der Waals surface area contributed by atoms with Gasteiger partial charge in [0.1, 0.15) is 17.1 Å². The minimum absolute atomic E-state index is 0.0405. The Balaban J connectivity index is 1.76. The molecule has 2 atom stereocenters. The number of hydrogen-bond acceptors (Lipinski definition) is 7. The highest BCUT2D eigenvalue weighted by molar-refractivity contribution is 5.82. The molecule has 0 aliphatic heterocycles. The number of hydrogen-bond donors (Lipinski definition) is 0. The van der Waals surface area contributed by atoms with Gasteiger partial charge in [-0.3, -0.25) is 9.59 Å². The van der Waals surface area contributed by atoms with E-state index in [0.717, 1.165) is 19.3 Å². The molecule has 0 bridgehead atoms. The van der Waals surface area contributed by atoms with E-state index in [9.17, 15) is 9.59 Å². The molecule has 2 aromatic heterocycles. The van der Waals surface area contributed by atoms with Crippen molar-refractivity contribution in [3.63, 3.8) is 0 Å². The Labute approximate surface area is 151 Å². The van der Waals surface area contributed by atoms with Crippen molar-refractivity contribution in [2.45, 2.75) is 38.7 Å². The van der Waals surface area contributed by atoms with E-state index in [4.69, 9.17) is 9.47 Å². The Hall–Kier alpha value is -2.77. The van der Waals surface area contributed by atoms with Crippen molar-refractivity contribution in [3.05, 3.63) is 23.5 Å². The van der Waals surface area contributed by atoms with E-state index in [0.29, 0.717) is 41.2 Å². The maximum Gasteiger partial charge on any atom is 0.308 e. The minimum Gasteiger partial charge on any atom is -0.489 e. The van der Waals surface area contributed by atoms with Crippen molar-refractivity contribution < 1.29 is 19.1 Å². The third-order valence-electron chi connectivity index (χ3n) is 4.72. The van der Waals surface area contributed by atoms with Crippen molar-refractivity contribution in [1.29, 1.82) is 0 Å². The summed E-state index contributed by atoms with van der Waals surface area (Å²) in [6.07, 6.45) is 3.98. The molecule has 0 unspecified atom stereocenters. The summed E-state index contributed by atoms with van der Waals surface area (Å²) in [6.45, 7) is 1.84. The van der Waals surface area contributed by atoms with E-state index < -0.39 is 0 Å². The Morgan fingerprint density at radius 1 is 1.35 bits per heavy atom. The molecule has 2 heterocycles. The Kier molecular flexibility index (Phi) is 5.29. The van der Waals surface area contributed by atoms with E-state index in [1.165, 1.54) is 11.8 Å². The van der Waals surface area contributed by atoms with Crippen molar-refractivity contribution in [2.75, 3.05) is 7.11 Å². The maximum absolute atomic E-state index is 11.8. The van der Waals surface area contributed by atoms with Crippen LogP contribution in [0.15, 0.2) is 12.1 Å². The van der Waals surface area contributed by atoms with Crippen LogP contribution in [0.5, 0.6) is 5.75 Å². The van der Waals surface area contributed by atoms with Gasteiger partial charge in [0.15, 0.2) is 6.29 Å². The van der Waals surface area contributed by atoms with Crippen LogP contribution in [0.3, 0.4) is 0 Å². The molecule has 2 aromatic rings. The Bertz CT molecular complexity index is 818. The number of methoxy groups -OCH3 is 1. The van der Waals surface area contributed by atoms with Crippen LogP contribution in [0.2, 0.25) is 0 Å². The number of pyridine rings is 1. The number of aryl methyl sites for hydroxylation is 2. The zero-order valence-electron chi connectivity index (χ0n) is 15.1. The topological polar surface area (TPSA) is 96.2 Å². The summed E-state index contributed by atoms with van der Waals surface area (Å²) in [4.78, 5) is 27.5. The van der Waals surface area contributed by atoms with Crippen molar-refractivity contribution in [1.82, 2.24) is 20.0 Å². The first-order valence-electron chi connectivity index (χ1n) is 8.60. The molecule has 26 heavy (non-hydrogen) atoms. The number of aromatic nitrogens is 4. The molecule has 138 valence electrons. The third-order valence-corrected chi connectivity index (χ3v) is 4.72. The molecular weight excluding hydrogens is 336 g/mol. The predicted molar refractivity (Wildman–Crippen MR) is 92.7 cm³/mol. The van der Waals surface area contributed by atoms with E-state index in [1.807, 2.05) is 13.0 Å². The van der Waals surface area contributed by atoms with Crippen LogP contribution in [0, 0.1) is 12.8 Å². The zero-order chi connectivity index (χ0) is 18.7. The van der Waals surface area contributed by atoms with Gasteiger partial charge in [0, 0.05) is 7.05 Å². The molecule has 0 aromatic carbocycles. The SMILES string of the molecule is COC(=O)[C@H]1CCC[C@H](Oc2ccc(-c3nnn(C)c3C=O)nc2C)C1. The Morgan fingerprint density at radius 3 is 2.85 bits per heavy atom. The van der Waals surface area contributed by atoms with Crippen LogP contribution in [0.25, 0.3) is 11.4 Å². The minimum atomic E-state index is -0.174. The number of carbonyl (C=O) groups excluding carboxylic acids is 2. The van der Waals surface area contributed by atoms with Crippen LogP contribution in [0.4, 0.5) is 0 Å². The average molecular weight is 358 g/mol. The van der Waals surface area contributed by atoms with Gasteiger partial charge in [-0.15, -0.1) is 5.10 Å². The molecule has 0 radical (unpaired) electrons. The van der Waals surface area contributed by atoms with Crippen molar-refractivity contribution in [2.24, 2.45) is 13.0 Å². The van der Waals surface area contributed by atoms with Crippen LogP contribution in [-0.2, 0) is 16.6 Å². The second-order valence-electron chi connectivity index (χ2n) is 6.47. The molecule has 0 amide bonds. The zero-order valence-corrected chi connectivity index (χ0v) is 15.1. The lowest BCUT2D eigenvalue weighted by atomic mass is 9.87. The fourth-order valence-corrected chi connectivity index (χ4v) is 3.30. The smallest absolute Gasteiger partial charge is 0.308 e. The summed E-state index contributed by atoms with van der Waals surface area (Å²) >= 11 is 0. The number of carbonyl (C=O) groups is 2. The van der Waals surface area contributed by atoms with Gasteiger partial charge in [-0.25, -0.2) is 9.67 Å². The maximum atomic E-state index is 11.8. The van der Waals surface area contributed by atoms with Crippen LogP contribution < -0.4 is 4.74 Å². The molecule has 8 heteroatoms. The first kappa shape index (κ1) is 18.0. The third kappa shape index (κ3) is 3.58. The Morgan fingerprint density at radius 2 is 2.15 bits per heavy atom. The van der Waals surface area contributed by atoms with Gasteiger partial charge >= 0.3 is 5.97 Å². The molecule has 0 spiro atoms. The molecule has 1 fully saturated rings. The van der Waals surface area contributed by atoms with Crippen LogP contribution in [-0.4, -0.2) is 45.4 Å².